The molecule has 76 valence electrons. The van der Waals surface area contributed by atoms with Gasteiger partial charge in [0.25, 0.3) is 6.43 Å². The van der Waals surface area contributed by atoms with Gasteiger partial charge in [-0.05, 0) is 22.6 Å². The minimum absolute atomic E-state index is 0.108. The highest BCUT2D eigenvalue weighted by atomic mass is 127. The molecule has 1 aromatic rings. The van der Waals surface area contributed by atoms with Gasteiger partial charge in [-0.25, -0.2) is 13.8 Å². The van der Waals surface area contributed by atoms with E-state index in [-0.39, 0.29) is 20.6 Å². The van der Waals surface area contributed by atoms with E-state index < -0.39 is 6.43 Å². The summed E-state index contributed by atoms with van der Waals surface area (Å²) in [5, 5.41) is 0. The van der Waals surface area contributed by atoms with E-state index in [1.54, 1.807) is 22.6 Å². The van der Waals surface area contributed by atoms with Crippen LogP contribution in [0.1, 0.15) is 22.5 Å². The number of ether oxygens (including phenoxy) is 1. The Morgan fingerprint density at radius 3 is 2.71 bits per heavy atom. The lowest BCUT2D eigenvalue weighted by Crippen LogP contribution is -2.02. The third-order valence-corrected chi connectivity index (χ3v) is 2.45. The minimum Gasteiger partial charge on any atom is -0.494 e. The minimum atomic E-state index is -2.68. The number of rotatable bonds is 3. The van der Waals surface area contributed by atoms with Gasteiger partial charge >= 0.3 is 0 Å². The molecule has 0 fully saturated rings. The quantitative estimate of drug-likeness (QED) is 0.635. The first kappa shape index (κ1) is 11.3. The molecule has 0 saturated carbocycles. The van der Waals surface area contributed by atoms with Gasteiger partial charge in [-0.2, -0.15) is 0 Å². The SMILES string of the molecule is COc1c(C=O)ncc(I)c1C(F)F. The molecule has 1 rings (SSSR count). The Morgan fingerprint density at radius 1 is 1.64 bits per heavy atom. The number of carbonyl (C=O) groups excluding carboxylic acids is 1. The van der Waals surface area contributed by atoms with Crippen LogP contribution < -0.4 is 4.74 Å². The normalized spacial score (nSPS) is 10.4. The molecular formula is C8H6F2INO2. The molecule has 0 aromatic carbocycles. The number of nitrogens with zero attached hydrogens (tertiary/aromatic N) is 1. The maximum absolute atomic E-state index is 12.6. The topological polar surface area (TPSA) is 39.2 Å². The third kappa shape index (κ3) is 1.99. The Labute approximate surface area is 92.6 Å². The molecular weight excluding hydrogens is 307 g/mol. The molecule has 0 saturated heterocycles. The molecule has 0 aliphatic rings. The Balaban J connectivity index is 3.42. The molecule has 0 radical (unpaired) electrons. The zero-order valence-corrected chi connectivity index (χ0v) is 9.29. The molecule has 6 heteroatoms. The van der Waals surface area contributed by atoms with Crippen LogP contribution in [0.5, 0.6) is 5.75 Å². The van der Waals surface area contributed by atoms with Crippen molar-refractivity contribution in [3.05, 3.63) is 21.0 Å². The number of aromatic nitrogens is 1. The molecule has 0 amide bonds. The third-order valence-electron chi connectivity index (χ3n) is 1.59. The van der Waals surface area contributed by atoms with Crippen LogP contribution in [-0.2, 0) is 0 Å². The monoisotopic (exact) mass is 313 g/mol. The largest absolute Gasteiger partial charge is 0.494 e. The van der Waals surface area contributed by atoms with Crippen molar-refractivity contribution in [2.24, 2.45) is 0 Å². The summed E-state index contributed by atoms with van der Waals surface area (Å²) in [6, 6.07) is 0. The van der Waals surface area contributed by atoms with E-state index in [0.29, 0.717) is 6.29 Å². The van der Waals surface area contributed by atoms with Crippen LogP contribution in [0, 0.1) is 3.57 Å². The van der Waals surface area contributed by atoms with Crippen molar-refractivity contribution in [3.63, 3.8) is 0 Å². The average Bonchev–Trinajstić information content (AvgIpc) is 2.16. The number of halogens is 3. The van der Waals surface area contributed by atoms with Crippen LogP contribution in [0.4, 0.5) is 8.78 Å². The second-order valence-corrected chi connectivity index (χ2v) is 3.52. The fraction of sp³-hybridized carbons (Fsp3) is 0.250. The second kappa shape index (κ2) is 4.63. The van der Waals surface area contributed by atoms with Crippen molar-refractivity contribution in [1.82, 2.24) is 4.98 Å². The number of hydrogen-bond donors (Lipinski definition) is 0. The molecule has 0 spiro atoms. The molecule has 1 aromatic heterocycles. The average molecular weight is 313 g/mol. The van der Waals surface area contributed by atoms with E-state index in [9.17, 15) is 13.6 Å². The summed E-state index contributed by atoms with van der Waals surface area (Å²) < 4.78 is 30.1. The number of carbonyl (C=O) groups is 1. The molecule has 0 unspecified atom stereocenters. The van der Waals surface area contributed by atoms with Gasteiger partial charge < -0.3 is 4.74 Å². The fourth-order valence-electron chi connectivity index (χ4n) is 1.00. The van der Waals surface area contributed by atoms with Crippen molar-refractivity contribution >= 4 is 28.9 Å². The lowest BCUT2D eigenvalue weighted by Gasteiger charge is -2.10. The van der Waals surface area contributed by atoms with Crippen molar-refractivity contribution < 1.29 is 18.3 Å². The number of hydrogen-bond acceptors (Lipinski definition) is 3. The second-order valence-electron chi connectivity index (χ2n) is 2.36. The van der Waals surface area contributed by atoms with Crippen LogP contribution in [-0.4, -0.2) is 18.4 Å². The van der Waals surface area contributed by atoms with Crippen LogP contribution in [0.15, 0.2) is 6.20 Å². The molecule has 14 heavy (non-hydrogen) atoms. The highest BCUT2D eigenvalue weighted by Gasteiger charge is 2.21. The van der Waals surface area contributed by atoms with Gasteiger partial charge in [0.1, 0.15) is 5.69 Å². The molecule has 3 nitrogen and oxygen atoms in total. The highest BCUT2D eigenvalue weighted by Crippen LogP contribution is 2.33. The lowest BCUT2D eigenvalue weighted by molar-refractivity contribution is 0.111. The predicted octanol–water partition coefficient (Wildman–Crippen LogP) is 2.44. The summed E-state index contributed by atoms with van der Waals surface area (Å²) in [5.41, 5.74) is -0.395. The molecule has 0 aliphatic carbocycles. The van der Waals surface area contributed by atoms with Gasteiger partial charge in [0.2, 0.25) is 0 Å². The van der Waals surface area contributed by atoms with Gasteiger partial charge in [-0.1, -0.05) is 0 Å². The Kier molecular flexibility index (Phi) is 3.73. The number of pyridine rings is 1. The van der Waals surface area contributed by atoms with E-state index in [0.717, 1.165) is 0 Å². The first-order chi connectivity index (χ1) is 6.61. The smallest absolute Gasteiger partial charge is 0.268 e. The molecule has 0 bridgehead atoms. The van der Waals surface area contributed by atoms with E-state index in [2.05, 4.69) is 4.98 Å². The molecule has 0 N–H and O–H groups in total. The fourth-order valence-corrected chi connectivity index (χ4v) is 1.62. The first-order valence-electron chi connectivity index (χ1n) is 3.57. The standard InChI is InChI=1S/C8H6F2INO2/c1-14-7-5(3-13)12-2-4(11)6(7)8(9)10/h2-3,8H,1H3. The number of aldehydes is 1. The Bertz CT molecular complexity index is 357. The van der Waals surface area contributed by atoms with Crippen molar-refractivity contribution in [2.75, 3.05) is 7.11 Å². The zero-order valence-electron chi connectivity index (χ0n) is 7.13. The molecule has 1 heterocycles. The summed E-state index contributed by atoms with van der Waals surface area (Å²) in [6.07, 6.45) is -1.08. The van der Waals surface area contributed by atoms with E-state index in [1.165, 1.54) is 13.3 Å². The Morgan fingerprint density at radius 2 is 2.29 bits per heavy atom. The van der Waals surface area contributed by atoms with E-state index in [4.69, 9.17) is 4.74 Å². The van der Waals surface area contributed by atoms with Crippen molar-refractivity contribution in [3.8, 4) is 5.75 Å². The van der Waals surface area contributed by atoms with Crippen LogP contribution in [0.2, 0.25) is 0 Å². The lowest BCUT2D eigenvalue weighted by atomic mass is 10.2. The summed E-state index contributed by atoms with van der Waals surface area (Å²) in [7, 11) is 1.23. The van der Waals surface area contributed by atoms with Crippen molar-refractivity contribution in [2.45, 2.75) is 6.43 Å². The maximum atomic E-state index is 12.6. The van der Waals surface area contributed by atoms with Gasteiger partial charge in [0.15, 0.2) is 12.0 Å². The summed E-state index contributed by atoms with van der Waals surface area (Å²) in [4.78, 5) is 14.2. The zero-order chi connectivity index (χ0) is 10.7. The number of methoxy groups -OCH3 is 1. The van der Waals surface area contributed by atoms with Gasteiger partial charge in [0, 0.05) is 9.77 Å². The van der Waals surface area contributed by atoms with Crippen LogP contribution in [0.25, 0.3) is 0 Å². The number of alkyl halides is 2. The first-order valence-corrected chi connectivity index (χ1v) is 4.65. The summed E-state index contributed by atoms with van der Waals surface area (Å²) in [6.45, 7) is 0. The van der Waals surface area contributed by atoms with Gasteiger partial charge in [-0.15, -0.1) is 0 Å². The van der Waals surface area contributed by atoms with Crippen LogP contribution >= 0.6 is 22.6 Å². The van der Waals surface area contributed by atoms with Gasteiger partial charge in [-0.3, -0.25) is 4.79 Å². The highest BCUT2D eigenvalue weighted by molar-refractivity contribution is 14.1. The molecule has 0 aliphatic heterocycles. The van der Waals surface area contributed by atoms with E-state index >= 15 is 0 Å². The predicted molar refractivity (Wildman–Crippen MR) is 53.9 cm³/mol. The molecule has 0 atom stereocenters. The summed E-state index contributed by atoms with van der Waals surface area (Å²) >= 11 is 1.72. The van der Waals surface area contributed by atoms with Crippen LogP contribution in [0.3, 0.4) is 0 Å². The van der Waals surface area contributed by atoms with E-state index in [1.807, 2.05) is 0 Å². The maximum Gasteiger partial charge on any atom is 0.268 e. The van der Waals surface area contributed by atoms with Crippen molar-refractivity contribution in [1.29, 1.82) is 0 Å². The summed E-state index contributed by atoms with van der Waals surface area (Å²) in [5.74, 6) is -0.151. The Hall–Kier alpha value is -0.790. The van der Waals surface area contributed by atoms with Gasteiger partial charge in [0.05, 0.1) is 12.7 Å².